The van der Waals surface area contributed by atoms with Crippen LogP contribution in [0.5, 0.6) is 0 Å². The van der Waals surface area contributed by atoms with Gasteiger partial charge in [0.1, 0.15) is 5.78 Å². The number of rotatable bonds is 5. The molecule has 0 spiro atoms. The molecule has 1 heteroatoms. The summed E-state index contributed by atoms with van der Waals surface area (Å²) in [5.41, 5.74) is 0.197. The molecule has 1 fully saturated rings. The van der Waals surface area contributed by atoms with Gasteiger partial charge in [-0.05, 0) is 24.2 Å². The van der Waals surface area contributed by atoms with Gasteiger partial charge in [0.25, 0.3) is 0 Å². The van der Waals surface area contributed by atoms with Gasteiger partial charge in [-0.2, -0.15) is 0 Å². The average Bonchev–Trinajstić information content (AvgIpc) is 2.17. The van der Waals surface area contributed by atoms with E-state index in [9.17, 15) is 4.79 Å². The third kappa shape index (κ3) is 3.61. The molecule has 0 aliphatic heterocycles. The number of hydrogen-bond donors (Lipinski definition) is 0. The molecule has 1 aliphatic carbocycles. The highest BCUT2D eigenvalue weighted by molar-refractivity contribution is 5.76. The Bertz CT molecular complexity index is 224. The first-order valence-electron chi connectivity index (χ1n) is 6.97. The average molecular weight is 224 g/mol. The van der Waals surface area contributed by atoms with Crippen LogP contribution < -0.4 is 0 Å². The predicted octanol–water partition coefficient (Wildman–Crippen LogP) is 4.60. The molecule has 1 saturated carbocycles. The van der Waals surface area contributed by atoms with Crippen molar-refractivity contribution >= 4 is 5.78 Å². The Kier molecular flexibility index (Phi) is 5.01. The number of hydrogen-bond acceptors (Lipinski definition) is 1. The van der Waals surface area contributed by atoms with Crippen LogP contribution in [0.15, 0.2) is 0 Å². The number of carbonyl (C=O) groups is 1. The van der Waals surface area contributed by atoms with E-state index in [0.29, 0.717) is 5.78 Å². The van der Waals surface area contributed by atoms with E-state index in [-0.39, 0.29) is 5.41 Å². The van der Waals surface area contributed by atoms with E-state index >= 15 is 0 Å². The maximum absolute atomic E-state index is 11.4. The molecule has 0 unspecified atom stereocenters. The van der Waals surface area contributed by atoms with Crippen LogP contribution in [0.25, 0.3) is 0 Å². The molecule has 0 heterocycles. The molecular formula is C15H28O. The second kappa shape index (κ2) is 5.84. The molecule has 94 valence electrons. The Hall–Kier alpha value is -0.330. The van der Waals surface area contributed by atoms with Crippen LogP contribution in [0.4, 0.5) is 0 Å². The van der Waals surface area contributed by atoms with Gasteiger partial charge in [0.05, 0.1) is 0 Å². The molecule has 1 aliphatic rings. The minimum absolute atomic E-state index is 0.197. The summed E-state index contributed by atoms with van der Waals surface area (Å²) < 4.78 is 0. The molecule has 0 bridgehead atoms. The van der Waals surface area contributed by atoms with Crippen LogP contribution in [-0.2, 0) is 4.79 Å². The highest BCUT2D eigenvalue weighted by Gasteiger charge is 2.35. The zero-order valence-electron chi connectivity index (χ0n) is 11.5. The van der Waals surface area contributed by atoms with Gasteiger partial charge in [0.15, 0.2) is 0 Å². The van der Waals surface area contributed by atoms with E-state index in [0.717, 1.165) is 18.3 Å². The molecule has 1 nitrogen and oxygen atoms in total. The molecule has 1 rings (SSSR count). The largest absolute Gasteiger partial charge is 0.300 e. The van der Waals surface area contributed by atoms with Crippen molar-refractivity contribution in [3.63, 3.8) is 0 Å². The van der Waals surface area contributed by atoms with E-state index in [2.05, 4.69) is 20.8 Å². The van der Waals surface area contributed by atoms with Crippen molar-refractivity contribution in [1.82, 2.24) is 0 Å². The summed E-state index contributed by atoms with van der Waals surface area (Å²) in [4.78, 5) is 11.4. The Morgan fingerprint density at radius 2 is 1.81 bits per heavy atom. The van der Waals surface area contributed by atoms with Crippen LogP contribution in [0, 0.1) is 17.3 Å². The van der Waals surface area contributed by atoms with E-state index in [1.54, 1.807) is 6.92 Å². The lowest BCUT2D eigenvalue weighted by Crippen LogP contribution is -2.33. The maximum atomic E-state index is 11.4. The third-order valence-electron chi connectivity index (χ3n) is 4.37. The van der Waals surface area contributed by atoms with E-state index < -0.39 is 0 Å². The van der Waals surface area contributed by atoms with Gasteiger partial charge in [-0.1, -0.05) is 59.3 Å². The maximum Gasteiger partial charge on any atom is 0.130 e. The summed E-state index contributed by atoms with van der Waals surface area (Å²) in [6.07, 6.45) is 8.97. The molecule has 0 aromatic heterocycles. The van der Waals surface area contributed by atoms with Crippen LogP contribution in [-0.4, -0.2) is 5.78 Å². The molecule has 0 radical (unpaired) electrons. The van der Waals surface area contributed by atoms with Gasteiger partial charge in [-0.3, -0.25) is 0 Å². The summed E-state index contributed by atoms with van der Waals surface area (Å²) >= 11 is 0. The first kappa shape index (κ1) is 13.7. The molecule has 0 aromatic rings. The normalized spacial score (nSPS) is 20.8. The molecule has 1 atom stereocenters. The third-order valence-corrected chi connectivity index (χ3v) is 4.37. The van der Waals surface area contributed by atoms with E-state index in [1.165, 1.54) is 38.5 Å². The summed E-state index contributed by atoms with van der Waals surface area (Å²) in [5.74, 6) is 1.95. The summed E-state index contributed by atoms with van der Waals surface area (Å²) in [5, 5.41) is 0. The Morgan fingerprint density at radius 1 is 1.25 bits per heavy atom. The molecule has 0 N–H and O–H groups in total. The first-order chi connectivity index (χ1) is 7.47. The number of carbonyl (C=O) groups excluding carboxylic acids is 1. The van der Waals surface area contributed by atoms with Crippen molar-refractivity contribution < 1.29 is 4.79 Å². The fourth-order valence-corrected chi connectivity index (χ4v) is 3.83. The summed E-state index contributed by atoms with van der Waals surface area (Å²) in [6, 6.07) is 0. The quantitative estimate of drug-likeness (QED) is 0.667. The van der Waals surface area contributed by atoms with Crippen molar-refractivity contribution in [1.29, 1.82) is 0 Å². The molecular weight excluding hydrogens is 196 g/mol. The topological polar surface area (TPSA) is 17.1 Å². The lowest BCUT2D eigenvalue weighted by molar-refractivity contribution is -0.120. The van der Waals surface area contributed by atoms with Gasteiger partial charge >= 0.3 is 0 Å². The second-order valence-electron chi connectivity index (χ2n) is 6.28. The minimum atomic E-state index is 0.197. The highest BCUT2D eigenvalue weighted by Crippen LogP contribution is 2.43. The van der Waals surface area contributed by atoms with Crippen molar-refractivity contribution in [2.45, 2.75) is 72.6 Å². The van der Waals surface area contributed by atoms with Gasteiger partial charge in [0, 0.05) is 6.42 Å². The molecule has 0 saturated heterocycles. The summed E-state index contributed by atoms with van der Waals surface area (Å²) in [6.45, 7) is 8.60. The fourth-order valence-electron chi connectivity index (χ4n) is 3.83. The molecule has 0 amide bonds. The van der Waals surface area contributed by atoms with Crippen molar-refractivity contribution in [2.75, 3.05) is 0 Å². The van der Waals surface area contributed by atoms with Crippen molar-refractivity contribution in [3.8, 4) is 0 Å². The van der Waals surface area contributed by atoms with Crippen molar-refractivity contribution in [2.24, 2.45) is 17.3 Å². The van der Waals surface area contributed by atoms with E-state index in [4.69, 9.17) is 0 Å². The van der Waals surface area contributed by atoms with Gasteiger partial charge in [-0.15, -0.1) is 0 Å². The summed E-state index contributed by atoms with van der Waals surface area (Å²) in [7, 11) is 0. The smallest absolute Gasteiger partial charge is 0.130 e. The van der Waals surface area contributed by atoms with Gasteiger partial charge < -0.3 is 4.79 Å². The number of Topliss-reactive ketones (excluding diaryl/α,β-unsaturated/α-hetero) is 1. The predicted molar refractivity (Wildman–Crippen MR) is 69.4 cm³/mol. The van der Waals surface area contributed by atoms with Crippen LogP contribution >= 0.6 is 0 Å². The second-order valence-corrected chi connectivity index (χ2v) is 6.28. The minimum Gasteiger partial charge on any atom is -0.300 e. The highest BCUT2D eigenvalue weighted by atomic mass is 16.1. The Labute approximate surface area is 101 Å². The van der Waals surface area contributed by atoms with Gasteiger partial charge in [-0.25, -0.2) is 0 Å². The molecule has 0 aromatic carbocycles. The Balaban J connectivity index is 2.66. The van der Waals surface area contributed by atoms with E-state index in [1.807, 2.05) is 0 Å². The monoisotopic (exact) mass is 224 g/mol. The SMILES string of the molecule is CC[C@H](C1CCCCC1)C(C)(C)CC(C)=O. The zero-order valence-corrected chi connectivity index (χ0v) is 11.5. The lowest BCUT2D eigenvalue weighted by Gasteiger charge is -2.40. The van der Waals surface area contributed by atoms with Crippen LogP contribution in [0.2, 0.25) is 0 Å². The fraction of sp³-hybridized carbons (Fsp3) is 0.933. The standard InChI is InChI=1S/C15H28O/c1-5-14(13-9-7-6-8-10-13)15(3,4)11-12(2)16/h13-14H,5-11H2,1-4H3/t14-/m1/s1. The van der Waals surface area contributed by atoms with Crippen LogP contribution in [0.3, 0.4) is 0 Å². The lowest BCUT2D eigenvalue weighted by atomic mass is 9.64. The van der Waals surface area contributed by atoms with Crippen LogP contribution in [0.1, 0.15) is 72.6 Å². The first-order valence-corrected chi connectivity index (χ1v) is 6.97. The van der Waals surface area contributed by atoms with Gasteiger partial charge in [0.2, 0.25) is 0 Å². The zero-order chi connectivity index (χ0) is 12.2. The Morgan fingerprint density at radius 3 is 2.25 bits per heavy atom. The number of ketones is 1. The molecule has 16 heavy (non-hydrogen) atoms. The van der Waals surface area contributed by atoms with Crippen molar-refractivity contribution in [3.05, 3.63) is 0 Å².